The number of nitrogens with zero attached hydrogens (tertiary/aromatic N) is 1. The molecule has 0 bridgehead atoms. The van der Waals surface area contributed by atoms with Gasteiger partial charge >= 0.3 is 0 Å². The lowest BCUT2D eigenvalue weighted by atomic mass is 10.0. The van der Waals surface area contributed by atoms with Crippen LogP contribution in [0.3, 0.4) is 0 Å². The van der Waals surface area contributed by atoms with Crippen molar-refractivity contribution in [2.45, 2.75) is 0 Å². The number of benzene rings is 2. The molecule has 0 aromatic heterocycles. The Kier molecular flexibility index (Phi) is 2.35. The second-order valence-electron chi connectivity index (χ2n) is 4.00. The number of oxime groups is 1. The van der Waals surface area contributed by atoms with Crippen LogP contribution in [-0.4, -0.2) is 10.9 Å². The Bertz CT molecular complexity index is 740. The molecule has 19 heavy (non-hydrogen) atoms. The van der Waals surface area contributed by atoms with Gasteiger partial charge in [-0.2, -0.15) is 0 Å². The Morgan fingerprint density at radius 1 is 0.737 bits per heavy atom. The molecule has 0 heterocycles. The lowest BCUT2D eigenvalue weighted by Crippen LogP contribution is -2.07. The lowest BCUT2D eigenvalue weighted by Gasteiger charge is -2.06. The maximum absolute atomic E-state index is 13.8. The molecule has 1 N–H and O–H groups in total. The molecule has 1 aliphatic carbocycles. The van der Waals surface area contributed by atoms with Crippen LogP contribution in [0.4, 0.5) is 17.6 Å². The second-order valence-corrected chi connectivity index (χ2v) is 4.00. The summed E-state index contributed by atoms with van der Waals surface area (Å²) in [4.78, 5) is 0. The summed E-state index contributed by atoms with van der Waals surface area (Å²) < 4.78 is 54.1. The highest BCUT2D eigenvalue weighted by Crippen LogP contribution is 2.41. The van der Waals surface area contributed by atoms with Crippen LogP contribution >= 0.6 is 0 Å². The highest BCUT2D eigenvalue weighted by molar-refractivity contribution is 6.24. The summed E-state index contributed by atoms with van der Waals surface area (Å²) in [6, 6.07) is 5.94. The van der Waals surface area contributed by atoms with E-state index in [4.69, 9.17) is 5.21 Å². The Morgan fingerprint density at radius 3 is 1.84 bits per heavy atom. The first kappa shape index (κ1) is 11.7. The molecule has 2 nitrogen and oxygen atoms in total. The van der Waals surface area contributed by atoms with Crippen LogP contribution < -0.4 is 0 Å². The highest BCUT2D eigenvalue weighted by atomic mass is 19.2. The summed E-state index contributed by atoms with van der Waals surface area (Å²) in [7, 11) is 0. The van der Waals surface area contributed by atoms with Gasteiger partial charge in [0, 0.05) is 11.1 Å². The van der Waals surface area contributed by atoms with Crippen molar-refractivity contribution >= 4 is 5.71 Å². The summed E-state index contributed by atoms with van der Waals surface area (Å²) in [5, 5.41) is 11.8. The van der Waals surface area contributed by atoms with E-state index in [9.17, 15) is 17.6 Å². The van der Waals surface area contributed by atoms with Gasteiger partial charge in [-0.15, -0.1) is 0 Å². The smallest absolute Gasteiger partial charge is 0.198 e. The maximum Gasteiger partial charge on any atom is 0.198 e. The molecule has 0 saturated carbocycles. The van der Waals surface area contributed by atoms with Gasteiger partial charge in [0.2, 0.25) is 0 Å². The fourth-order valence-corrected chi connectivity index (χ4v) is 2.25. The van der Waals surface area contributed by atoms with Crippen LogP contribution in [0, 0.1) is 23.3 Å². The molecule has 0 aliphatic heterocycles. The van der Waals surface area contributed by atoms with Gasteiger partial charge in [-0.3, -0.25) is 0 Å². The fourth-order valence-electron chi connectivity index (χ4n) is 2.25. The van der Waals surface area contributed by atoms with Crippen LogP contribution in [0.25, 0.3) is 11.1 Å². The van der Waals surface area contributed by atoms with Crippen LogP contribution in [0.5, 0.6) is 0 Å². The minimum atomic E-state index is -1.93. The van der Waals surface area contributed by atoms with Crippen molar-refractivity contribution < 1.29 is 22.8 Å². The summed E-state index contributed by atoms with van der Waals surface area (Å²) in [6.07, 6.45) is 0. The van der Waals surface area contributed by atoms with Gasteiger partial charge in [0.1, 0.15) is 5.71 Å². The zero-order chi connectivity index (χ0) is 13.7. The van der Waals surface area contributed by atoms with E-state index in [0.717, 1.165) is 0 Å². The summed E-state index contributed by atoms with van der Waals surface area (Å²) >= 11 is 0. The molecular formula is C13H5F4NO. The van der Waals surface area contributed by atoms with Gasteiger partial charge in [-0.05, 0) is 5.56 Å². The van der Waals surface area contributed by atoms with Crippen molar-refractivity contribution in [1.82, 2.24) is 0 Å². The van der Waals surface area contributed by atoms with E-state index in [1.54, 1.807) is 6.07 Å². The largest absolute Gasteiger partial charge is 0.410 e. The zero-order valence-electron chi connectivity index (χ0n) is 9.22. The van der Waals surface area contributed by atoms with Crippen LogP contribution in [0.1, 0.15) is 11.1 Å². The third-order valence-electron chi connectivity index (χ3n) is 3.06. The van der Waals surface area contributed by atoms with E-state index in [1.807, 2.05) is 0 Å². The molecule has 0 amide bonds. The average molecular weight is 267 g/mol. The van der Waals surface area contributed by atoms with Gasteiger partial charge in [-0.25, -0.2) is 17.6 Å². The molecule has 6 heteroatoms. The molecule has 0 radical (unpaired) electrons. The van der Waals surface area contributed by atoms with E-state index in [1.165, 1.54) is 18.2 Å². The number of hydrogen-bond donors (Lipinski definition) is 1. The first-order valence-electron chi connectivity index (χ1n) is 5.26. The number of halogens is 4. The molecule has 0 spiro atoms. The molecular weight excluding hydrogens is 262 g/mol. The number of rotatable bonds is 0. The number of hydrogen-bond acceptors (Lipinski definition) is 2. The molecule has 0 unspecified atom stereocenters. The predicted molar refractivity (Wildman–Crippen MR) is 59.1 cm³/mol. The van der Waals surface area contributed by atoms with Gasteiger partial charge in [-0.1, -0.05) is 29.4 Å². The molecule has 0 saturated heterocycles. The Hall–Kier alpha value is -2.37. The lowest BCUT2D eigenvalue weighted by molar-refractivity contribution is 0.319. The van der Waals surface area contributed by atoms with E-state index >= 15 is 0 Å². The van der Waals surface area contributed by atoms with E-state index in [2.05, 4.69) is 5.16 Å². The quantitative estimate of drug-likeness (QED) is 0.218. The predicted octanol–water partition coefficient (Wildman–Crippen LogP) is 3.45. The summed E-state index contributed by atoms with van der Waals surface area (Å²) in [6.45, 7) is 0. The summed E-state index contributed by atoms with van der Waals surface area (Å²) in [5.74, 6) is -6.88. The van der Waals surface area contributed by atoms with E-state index < -0.39 is 34.4 Å². The third-order valence-corrected chi connectivity index (χ3v) is 3.06. The molecule has 96 valence electrons. The van der Waals surface area contributed by atoms with Crippen LogP contribution in [-0.2, 0) is 0 Å². The van der Waals surface area contributed by atoms with Crippen molar-refractivity contribution in [3.63, 3.8) is 0 Å². The average Bonchev–Trinajstić information content (AvgIpc) is 2.77. The van der Waals surface area contributed by atoms with Gasteiger partial charge in [0.05, 0.1) is 5.56 Å². The monoisotopic (exact) mass is 267 g/mol. The van der Waals surface area contributed by atoms with Gasteiger partial charge in [0.25, 0.3) is 0 Å². The van der Waals surface area contributed by atoms with Crippen molar-refractivity contribution in [2.75, 3.05) is 0 Å². The zero-order valence-corrected chi connectivity index (χ0v) is 9.22. The fraction of sp³-hybridized carbons (Fsp3) is 0. The van der Waals surface area contributed by atoms with Crippen LogP contribution in [0.2, 0.25) is 0 Å². The second kappa shape index (κ2) is 3.81. The third kappa shape index (κ3) is 1.34. The SMILES string of the molecule is ON=C1c2ccccc2-c2c(F)c(F)c(F)c(F)c21. The normalized spacial score (nSPS) is 14.6. The van der Waals surface area contributed by atoms with E-state index in [-0.39, 0.29) is 16.8 Å². The Morgan fingerprint density at radius 2 is 1.26 bits per heavy atom. The number of fused-ring (bicyclic) bond motifs is 3. The van der Waals surface area contributed by atoms with Gasteiger partial charge < -0.3 is 5.21 Å². The molecule has 2 aromatic rings. The highest BCUT2D eigenvalue weighted by Gasteiger charge is 2.35. The van der Waals surface area contributed by atoms with Crippen molar-refractivity contribution in [1.29, 1.82) is 0 Å². The first-order chi connectivity index (χ1) is 9.07. The minimum Gasteiger partial charge on any atom is -0.410 e. The molecule has 2 aromatic carbocycles. The maximum atomic E-state index is 13.8. The van der Waals surface area contributed by atoms with Crippen molar-refractivity contribution in [2.24, 2.45) is 5.16 Å². The molecule has 0 atom stereocenters. The standard InChI is InChI=1S/C13H5F4NO/c14-9-7-5-3-1-2-4-6(5)13(18-19)8(7)10(15)12(17)11(9)16/h1-4,19H. The van der Waals surface area contributed by atoms with Crippen molar-refractivity contribution in [3.8, 4) is 11.1 Å². The van der Waals surface area contributed by atoms with Gasteiger partial charge in [0.15, 0.2) is 23.3 Å². The molecule has 1 aliphatic rings. The topological polar surface area (TPSA) is 32.6 Å². The first-order valence-corrected chi connectivity index (χ1v) is 5.26. The molecule has 0 fully saturated rings. The molecule has 3 rings (SSSR count). The van der Waals surface area contributed by atoms with E-state index in [0.29, 0.717) is 0 Å². The Labute approximate surface area is 104 Å². The van der Waals surface area contributed by atoms with Crippen molar-refractivity contribution in [3.05, 3.63) is 58.7 Å². The Balaban J connectivity index is 2.53. The minimum absolute atomic E-state index is 0.153. The summed E-state index contributed by atoms with van der Waals surface area (Å²) in [5.41, 5.74) is -0.954. The van der Waals surface area contributed by atoms with Crippen LogP contribution in [0.15, 0.2) is 29.4 Å².